The highest BCUT2D eigenvalue weighted by atomic mass is 32.1. The Morgan fingerprint density at radius 2 is 2.10 bits per heavy atom. The molecule has 1 fully saturated rings. The fourth-order valence-corrected chi connectivity index (χ4v) is 5.45. The highest BCUT2D eigenvalue weighted by Crippen LogP contribution is 2.34. The molecular formula is C23H29N5O2S. The first-order valence-corrected chi connectivity index (χ1v) is 11.7. The third-order valence-electron chi connectivity index (χ3n) is 5.90. The quantitative estimate of drug-likeness (QED) is 0.613. The molecule has 0 radical (unpaired) electrons. The van der Waals surface area contributed by atoms with Crippen LogP contribution in [0.4, 0.5) is 0 Å². The van der Waals surface area contributed by atoms with Crippen LogP contribution in [0.25, 0.3) is 10.1 Å². The second kappa shape index (κ2) is 9.18. The third-order valence-corrected chi connectivity index (χ3v) is 7.11. The van der Waals surface area contributed by atoms with Crippen LogP contribution < -0.4 is 5.32 Å². The largest absolute Gasteiger partial charge is 0.354 e. The van der Waals surface area contributed by atoms with Crippen LogP contribution in [-0.2, 0) is 17.6 Å². The normalized spacial score (nSPS) is 16.8. The monoisotopic (exact) mass is 439 g/mol. The molecule has 4 rings (SSSR count). The maximum atomic E-state index is 13.2. The van der Waals surface area contributed by atoms with Crippen LogP contribution in [0.3, 0.4) is 0 Å². The molecule has 0 spiro atoms. The van der Waals surface area contributed by atoms with E-state index in [2.05, 4.69) is 32.6 Å². The van der Waals surface area contributed by atoms with Gasteiger partial charge in [-0.1, -0.05) is 32.0 Å². The number of hydrogen-bond acceptors (Lipinski definition) is 5. The summed E-state index contributed by atoms with van der Waals surface area (Å²) in [5, 5.41) is 11.0. The van der Waals surface area contributed by atoms with Crippen molar-refractivity contribution in [2.45, 2.75) is 57.9 Å². The Morgan fingerprint density at radius 1 is 1.29 bits per heavy atom. The van der Waals surface area contributed by atoms with Crippen molar-refractivity contribution in [2.24, 2.45) is 0 Å². The summed E-state index contributed by atoms with van der Waals surface area (Å²) in [6.45, 7) is 4.81. The van der Waals surface area contributed by atoms with E-state index in [0.29, 0.717) is 12.2 Å². The first kappa shape index (κ1) is 21.5. The van der Waals surface area contributed by atoms with Crippen LogP contribution in [0.1, 0.15) is 65.9 Å². The number of piperidine rings is 1. The number of nitrogens with zero attached hydrogens (tertiary/aromatic N) is 3. The van der Waals surface area contributed by atoms with Gasteiger partial charge in [-0.05, 0) is 42.7 Å². The van der Waals surface area contributed by atoms with E-state index in [1.807, 2.05) is 30.9 Å². The van der Waals surface area contributed by atoms with Gasteiger partial charge < -0.3 is 10.2 Å². The van der Waals surface area contributed by atoms with Gasteiger partial charge in [0.1, 0.15) is 5.82 Å². The molecule has 3 aromatic rings. The Labute approximate surface area is 186 Å². The van der Waals surface area contributed by atoms with Crippen LogP contribution >= 0.6 is 11.3 Å². The number of aromatic amines is 1. The number of aromatic nitrogens is 3. The summed E-state index contributed by atoms with van der Waals surface area (Å²) in [6, 6.07) is 8.21. The van der Waals surface area contributed by atoms with E-state index in [1.165, 1.54) is 11.3 Å². The minimum atomic E-state index is -0.0623. The molecule has 1 aliphatic heterocycles. The van der Waals surface area contributed by atoms with E-state index in [4.69, 9.17) is 0 Å². The summed E-state index contributed by atoms with van der Waals surface area (Å²) >= 11 is 1.52. The average Bonchev–Trinajstić information content (AvgIpc) is 3.39. The van der Waals surface area contributed by atoms with Crippen molar-refractivity contribution in [1.29, 1.82) is 0 Å². The van der Waals surface area contributed by atoms with Gasteiger partial charge in [0.15, 0.2) is 5.82 Å². The van der Waals surface area contributed by atoms with E-state index in [0.717, 1.165) is 52.2 Å². The van der Waals surface area contributed by atoms with Gasteiger partial charge >= 0.3 is 0 Å². The molecule has 1 aliphatic rings. The Bertz CT molecular complexity index is 1090. The van der Waals surface area contributed by atoms with Gasteiger partial charge in [0.2, 0.25) is 5.91 Å². The summed E-state index contributed by atoms with van der Waals surface area (Å²) in [5.41, 5.74) is 1.05. The van der Waals surface area contributed by atoms with Crippen LogP contribution in [0.2, 0.25) is 0 Å². The summed E-state index contributed by atoms with van der Waals surface area (Å²) < 4.78 is 1.10. The van der Waals surface area contributed by atoms with E-state index < -0.39 is 0 Å². The van der Waals surface area contributed by atoms with Gasteiger partial charge in [-0.2, -0.15) is 5.10 Å². The summed E-state index contributed by atoms with van der Waals surface area (Å²) in [7, 11) is 1.66. The SMILES string of the molecule is CNC(=O)c1sc2ccccc2c1C[C@H]1CCCCN1C(=O)Cc1nc(C(C)C)n[nH]1. The molecule has 0 aliphatic carbocycles. The number of rotatable bonds is 6. The highest BCUT2D eigenvalue weighted by molar-refractivity contribution is 7.21. The molecule has 164 valence electrons. The number of carbonyl (C=O) groups is 2. The number of likely N-dealkylation sites (tertiary alicyclic amines) is 1. The predicted octanol–water partition coefficient (Wildman–Crippen LogP) is 3.67. The number of nitrogens with one attached hydrogen (secondary N) is 2. The lowest BCUT2D eigenvalue weighted by Crippen LogP contribution is -2.45. The number of hydrogen-bond donors (Lipinski definition) is 2. The van der Waals surface area contributed by atoms with E-state index in [9.17, 15) is 9.59 Å². The second-order valence-electron chi connectivity index (χ2n) is 8.40. The highest BCUT2D eigenvalue weighted by Gasteiger charge is 2.30. The number of amides is 2. The molecule has 3 heterocycles. The molecule has 0 unspecified atom stereocenters. The molecule has 7 nitrogen and oxygen atoms in total. The molecule has 1 aromatic carbocycles. The van der Waals surface area contributed by atoms with Crippen LogP contribution in [0.5, 0.6) is 0 Å². The molecule has 1 saturated heterocycles. The van der Waals surface area contributed by atoms with Gasteiger partial charge in [0, 0.05) is 30.3 Å². The zero-order valence-electron chi connectivity index (χ0n) is 18.3. The lowest BCUT2D eigenvalue weighted by molar-refractivity contribution is -0.134. The molecule has 0 bridgehead atoms. The number of thiophene rings is 1. The van der Waals surface area contributed by atoms with Crippen LogP contribution in [-0.4, -0.2) is 51.5 Å². The topological polar surface area (TPSA) is 91.0 Å². The van der Waals surface area contributed by atoms with E-state index >= 15 is 0 Å². The molecule has 1 atom stereocenters. The predicted molar refractivity (Wildman–Crippen MR) is 122 cm³/mol. The maximum Gasteiger partial charge on any atom is 0.261 e. The molecule has 31 heavy (non-hydrogen) atoms. The molecule has 0 saturated carbocycles. The molecule has 2 N–H and O–H groups in total. The van der Waals surface area contributed by atoms with E-state index in [-0.39, 0.29) is 30.2 Å². The summed E-state index contributed by atoms with van der Waals surface area (Å²) in [6.07, 6.45) is 3.94. The van der Waals surface area contributed by atoms with Crippen molar-refractivity contribution in [3.05, 3.63) is 46.4 Å². The van der Waals surface area contributed by atoms with Crippen molar-refractivity contribution >= 4 is 33.2 Å². The zero-order chi connectivity index (χ0) is 22.0. The van der Waals surface area contributed by atoms with Gasteiger partial charge in [0.05, 0.1) is 11.3 Å². The van der Waals surface area contributed by atoms with Crippen molar-refractivity contribution in [2.75, 3.05) is 13.6 Å². The number of fused-ring (bicyclic) bond motifs is 1. The fraction of sp³-hybridized carbons (Fsp3) is 0.478. The minimum absolute atomic E-state index is 0.0623. The third kappa shape index (κ3) is 4.49. The van der Waals surface area contributed by atoms with Crippen molar-refractivity contribution in [3.63, 3.8) is 0 Å². The Morgan fingerprint density at radius 3 is 2.84 bits per heavy atom. The summed E-state index contributed by atoms with van der Waals surface area (Å²) in [5.74, 6) is 1.57. The number of carbonyl (C=O) groups excluding carboxylic acids is 2. The van der Waals surface area contributed by atoms with Gasteiger partial charge in [-0.15, -0.1) is 11.3 Å². The summed E-state index contributed by atoms with van der Waals surface area (Å²) in [4.78, 5) is 32.9. The van der Waals surface area contributed by atoms with Gasteiger partial charge in [-0.3, -0.25) is 14.7 Å². The minimum Gasteiger partial charge on any atom is -0.354 e. The Balaban J connectivity index is 1.58. The van der Waals surface area contributed by atoms with Crippen LogP contribution in [0, 0.1) is 0 Å². The van der Waals surface area contributed by atoms with E-state index in [1.54, 1.807) is 7.05 Å². The first-order valence-electron chi connectivity index (χ1n) is 10.9. The Hall–Kier alpha value is -2.74. The van der Waals surface area contributed by atoms with Crippen molar-refractivity contribution in [3.8, 4) is 0 Å². The van der Waals surface area contributed by atoms with Gasteiger partial charge in [0.25, 0.3) is 5.91 Å². The lowest BCUT2D eigenvalue weighted by Gasteiger charge is -2.36. The number of H-pyrrole nitrogens is 1. The molecule has 2 amide bonds. The number of benzene rings is 1. The maximum absolute atomic E-state index is 13.2. The zero-order valence-corrected chi connectivity index (χ0v) is 19.1. The molecular weight excluding hydrogens is 410 g/mol. The average molecular weight is 440 g/mol. The second-order valence-corrected chi connectivity index (χ2v) is 9.45. The van der Waals surface area contributed by atoms with Crippen molar-refractivity contribution in [1.82, 2.24) is 25.4 Å². The lowest BCUT2D eigenvalue weighted by atomic mass is 9.93. The fourth-order valence-electron chi connectivity index (χ4n) is 4.27. The first-order chi connectivity index (χ1) is 15.0. The van der Waals surface area contributed by atoms with Gasteiger partial charge in [-0.25, -0.2) is 4.98 Å². The standard InChI is InChI=1S/C23H29N5O2S/c1-14(2)22-25-19(26-27-22)13-20(29)28-11-7-6-8-15(28)12-17-16-9-4-5-10-18(16)31-21(17)23(30)24-3/h4-5,9-10,14-15H,6-8,11-13H2,1-3H3,(H,24,30)(H,25,26,27)/t15-/m1/s1. The molecule has 2 aromatic heterocycles. The smallest absolute Gasteiger partial charge is 0.261 e. The Kier molecular flexibility index (Phi) is 6.36. The van der Waals surface area contributed by atoms with Crippen LogP contribution in [0.15, 0.2) is 24.3 Å². The van der Waals surface area contributed by atoms with Crippen molar-refractivity contribution < 1.29 is 9.59 Å². The molecule has 8 heteroatoms.